The van der Waals surface area contributed by atoms with Crippen LogP contribution in [0, 0.1) is 0 Å². The highest BCUT2D eigenvalue weighted by Crippen LogP contribution is 2.50. The fourth-order valence-electron chi connectivity index (χ4n) is 4.54. The second-order valence-corrected chi connectivity index (χ2v) is 7.28. The third-order valence-corrected chi connectivity index (χ3v) is 5.84. The summed E-state index contributed by atoms with van der Waals surface area (Å²) in [5, 5.41) is 2.17. The molecule has 0 atom stereocenters. The number of methoxy groups -OCH3 is 2. The number of fused-ring (bicyclic) bond motifs is 7. The highest BCUT2D eigenvalue weighted by Gasteiger charge is 2.34. The van der Waals surface area contributed by atoms with Crippen molar-refractivity contribution in [2.45, 2.75) is 19.6 Å². The van der Waals surface area contributed by atoms with Crippen molar-refractivity contribution >= 4 is 10.8 Å². The third kappa shape index (κ3) is 2.31. The van der Waals surface area contributed by atoms with Crippen LogP contribution in [-0.4, -0.2) is 27.8 Å². The van der Waals surface area contributed by atoms with Crippen molar-refractivity contribution in [3.05, 3.63) is 35.5 Å². The molecule has 0 amide bonds. The van der Waals surface area contributed by atoms with E-state index >= 15 is 0 Å². The van der Waals surface area contributed by atoms with Gasteiger partial charge in [-0.1, -0.05) is 0 Å². The number of aryl methyl sites for hydroxylation is 2. The summed E-state index contributed by atoms with van der Waals surface area (Å²) in [6, 6.07) is 6.29. The number of aromatic nitrogens is 1. The molecule has 0 fully saturated rings. The van der Waals surface area contributed by atoms with Crippen LogP contribution in [0.1, 0.15) is 11.1 Å². The van der Waals surface area contributed by atoms with E-state index in [9.17, 15) is 0 Å². The maximum atomic E-state index is 5.79. The molecule has 0 N–H and O–H groups in total. The fraction of sp³-hybridized carbons (Fsp3) is 0.318. The lowest BCUT2D eigenvalue weighted by Gasteiger charge is -2.23. The summed E-state index contributed by atoms with van der Waals surface area (Å²) in [5.74, 6) is 3.62. The van der Waals surface area contributed by atoms with Gasteiger partial charge in [-0.15, -0.1) is 0 Å². The van der Waals surface area contributed by atoms with Crippen LogP contribution in [-0.2, 0) is 24.3 Å². The quantitative estimate of drug-likeness (QED) is 0.623. The van der Waals surface area contributed by atoms with Gasteiger partial charge in [-0.25, -0.2) is 0 Å². The number of hydrogen-bond acceptors (Lipinski definition) is 6. The van der Waals surface area contributed by atoms with Crippen LogP contribution in [0.25, 0.3) is 22.0 Å². The van der Waals surface area contributed by atoms with Gasteiger partial charge in [0.15, 0.2) is 42.5 Å². The van der Waals surface area contributed by atoms with Gasteiger partial charge in [0.2, 0.25) is 18.2 Å². The van der Waals surface area contributed by atoms with Crippen LogP contribution in [0.15, 0.2) is 24.4 Å². The Morgan fingerprint density at radius 2 is 1.86 bits per heavy atom. The van der Waals surface area contributed by atoms with Crippen molar-refractivity contribution in [1.29, 1.82) is 0 Å². The predicted octanol–water partition coefficient (Wildman–Crippen LogP) is 2.96. The predicted molar refractivity (Wildman–Crippen MR) is 103 cm³/mol. The molecule has 3 aliphatic heterocycles. The molecule has 3 aromatic rings. The molecule has 2 aromatic carbocycles. The Hall–Kier alpha value is -3.19. The van der Waals surface area contributed by atoms with Gasteiger partial charge in [0.05, 0.1) is 31.8 Å². The summed E-state index contributed by atoms with van der Waals surface area (Å²) in [4.78, 5) is 0. The Morgan fingerprint density at radius 3 is 2.72 bits per heavy atom. The van der Waals surface area contributed by atoms with Crippen LogP contribution in [0.4, 0.5) is 0 Å². The first kappa shape index (κ1) is 16.7. The van der Waals surface area contributed by atoms with E-state index in [4.69, 9.17) is 28.4 Å². The molecule has 3 aliphatic rings. The minimum absolute atomic E-state index is 0.217. The summed E-state index contributed by atoms with van der Waals surface area (Å²) in [7, 11) is 3.33. The standard InChI is InChI=1S/C22H20NO6/c1-24-17-6-13-8-23-4-3-12-5-18-21(29-11-27-18)22(25-2)19(12)16(23)7-14(13)15-9-26-10-28-20(15)17/h5-8H,3-4,9-11H2,1-2H3/q+1. The van der Waals surface area contributed by atoms with Crippen molar-refractivity contribution in [3.63, 3.8) is 0 Å². The fourth-order valence-corrected chi connectivity index (χ4v) is 4.54. The largest absolute Gasteiger partial charge is 0.493 e. The van der Waals surface area contributed by atoms with E-state index in [1.807, 2.05) is 6.07 Å². The average molecular weight is 394 g/mol. The summed E-state index contributed by atoms with van der Waals surface area (Å²) in [6.45, 7) is 1.80. The maximum absolute atomic E-state index is 5.79. The van der Waals surface area contributed by atoms with Crippen LogP contribution in [0.5, 0.6) is 28.7 Å². The molecular weight excluding hydrogens is 374 g/mol. The van der Waals surface area contributed by atoms with Gasteiger partial charge < -0.3 is 28.4 Å². The summed E-state index contributed by atoms with van der Waals surface area (Å²) >= 11 is 0. The van der Waals surface area contributed by atoms with E-state index < -0.39 is 0 Å². The molecule has 7 nitrogen and oxygen atoms in total. The van der Waals surface area contributed by atoms with E-state index in [1.165, 1.54) is 5.56 Å². The zero-order valence-electron chi connectivity index (χ0n) is 16.2. The highest BCUT2D eigenvalue weighted by atomic mass is 16.7. The van der Waals surface area contributed by atoms with Gasteiger partial charge >= 0.3 is 0 Å². The van der Waals surface area contributed by atoms with Crippen LogP contribution in [0.2, 0.25) is 0 Å². The molecule has 4 heterocycles. The zero-order chi connectivity index (χ0) is 19.5. The maximum Gasteiger partial charge on any atom is 0.231 e. The van der Waals surface area contributed by atoms with Crippen molar-refractivity contribution in [3.8, 4) is 40.0 Å². The van der Waals surface area contributed by atoms with E-state index in [2.05, 4.69) is 22.9 Å². The SMILES string of the molecule is COc1cc2c[n+]3c(cc2c2c1OCOC2)-c1c(cc2c(c1OC)OCO2)CC3. The second-order valence-electron chi connectivity index (χ2n) is 7.28. The number of ether oxygens (including phenoxy) is 6. The van der Waals surface area contributed by atoms with Crippen LogP contribution in [0.3, 0.4) is 0 Å². The molecule has 7 heteroatoms. The molecule has 0 bridgehead atoms. The van der Waals surface area contributed by atoms with Crippen molar-refractivity contribution in [1.82, 2.24) is 0 Å². The average Bonchev–Trinajstić information content (AvgIpc) is 3.24. The van der Waals surface area contributed by atoms with Gasteiger partial charge in [-0.05, 0) is 17.7 Å². The summed E-state index contributed by atoms with van der Waals surface area (Å²) in [6.07, 6.45) is 3.05. The number of hydrogen-bond donors (Lipinski definition) is 0. The van der Waals surface area contributed by atoms with Gasteiger partial charge in [-0.2, -0.15) is 4.57 Å². The van der Waals surface area contributed by atoms with Crippen molar-refractivity contribution in [2.24, 2.45) is 0 Å². The molecule has 29 heavy (non-hydrogen) atoms. The Labute approximate surface area is 167 Å². The number of rotatable bonds is 2. The van der Waals surface area contributed by atoms with Gasteiger partial charge in [0.1, 0.15) is 0 Å². The summed E-state index contributed by atoms with van der Waals surface area (Å²) < 4.78 is 36.2. The molecule has 148 valence electrons. The second kappa shape index (κ2) is 6.15. The molecule has 0 saturated heterocycles. The molecule has 1 aromatic heterocycles. The third-order valence-electron chi connectivity index (χ3n) is 5.84. The van der Waals surface area contributed by atoms with E-state index in [0.29, 0.717) is 12.4 Å². The number of nitrogens with zero attached hydrogens (tertiary/aromatic N) is 1. The van der Waals surface area contributed by atoms with Crippen molar-refractivity contribution < 1.29 is 33.0 Å². The topological polar surface area (TPSA) is 59.3 Å². The monoisotopic (exact) mass is 394 g/mol. The first-order valence-electron chi connectivity index (χ1n) is 9.56. The smallest absolute Gasteiger partial charge is 0.231 e. The lowest BCUT2D eigenvalue weighted by molar-refractivity contribution is -0.686. The molecule has 0 unspecified atom stereocenters. The molecule has 0 radical (unpaired) electrons. The van der Waals surface area contributed by atoms with E-state index in [1.54, 1.807) is 14.2 Å². The van der Waals surface area contributed by atoms with E-state index in [-0.39, 0.29) is 13.6 Å². The van der Waals surface area contributed by atoms with E-state index in [0.717, 1.165) is 63.6 Å². The molecule has 0 saturated carbocycles. The summed E-state index contributed by atoms with van der Waals surface area (Å²) in [5.41, 5.74) is 4.32. The zero-order valence-corrected chi connectivity index (χ0v) is 16.2. The molecular formula is C22H20NO6+. The number of benzene rings is 2. The van der Waals surface area contributed by atoms with Crippen LogP contribution < -0.4 is 28.3 Å². The van der Waals surface area contributed by atoms with Crippen molar-refractivity contribution in [2.75, 3.05) is 27.8 Å². The van der Waals surface area contributed by atoms with Gasteiger partial charge in [0.25, 0.3) is 0 Å². The first-order chi connectivity index (χ1) is 14.3. The minimum Gasteiger partial charge on any atom is -0.493 e. The number of pyridine rings is 1. The van der Waals surface area contributed by atoms with Gasteiger partial charge in [0, 0.05) is 23.4 Å². The molecule has 0 spiro atoms. The normalized spacial score (nSPS) is 15.9. The Kier molecular flexibility index (Phi) is 3.55. The Balaban J connectivity index is 1.65. The molecule has 0 aliphatic carbocycles. The minimum atomic E-state index is 0.217. The Bertz CT molecular complexity index is 1170. The van der Waals surface area contributed by atoms with Crippen LogP contribution >= 0.6 is 0 Å². The molecule has 6 rings (SSSR count). The Morgan fingerprint density at radius 1 is 0.966 bits per heavy atom. The first-order valence-corrected chi connectivity index (χ1v) is 9.56. The lowest BCUT2D eigenvalue weighted by atomic mass is 9.93. The highest BCUT2D eigenvalue weighted by molar-refractivity contribution is 5.92. The lowest BCUT2D eigenvalue weighted by Crippen LogP contribution is -2.40. The van der Waals surface area contributed by atoms with Gasteiger partial charge in [-0.3, -0.25) is 0 Å².